The summed E-state index contributed by atoms with van der Waals surface area (Å²) >= 11 is 0. The minimum Gasteiger partial charge on any atom is -0.478 e. The molecule has 0 aromatic heterocycles. The molecule has 3 aliphatic rings. The van der Waals surface area contributed by atoms with Gasteiger partial charge in [-0.05, 0) is 60.7 Å². The van der Waals surface area contributed by atoms with E-state index in [1.807, 2.05) is 25.7 Å². The van der Waals surface area contributed by atoms with Crippen LogP contribution in [0.5, 0.6) is 0 Å². The van der Waals surface area contributed by atoms with Gasteiger partial charge in [0.25, 0.3) is 0 Å². The summed E-state index contributed by atoms with van der Waals surface area (Å²) in [4.78, 5) is 4.60. The van der Waals surface area contributed by atoms with Crippen LogP contribution in [0.2, 0.25) is 0 Å². The van der Waals surface area contributed by atoms with Gasteiger partial charge < -0.3 is 4.74 Å². The van der Waals surface area contributed by atoms with Crippen molar-refractivity contribution in [2.45, 2.75) is 61.4 Å². The van der Waals surface area contributed by atoms with E-state index in [2.05, 4.69) is 60.4 Å². The molecule has 0 bridgehead atoms. The Morgan fingerprint density at radius 2 is 1.24 bits per heavy atom. The molecule has 10 radical (unpaired) electrons. The van der Waals surface area contributed by atoms with E-state index in [0.29, 0.717) is 6.61 Å². The molecule has 25 heavy (non-hydrogen) atoms. The minimum atomic E-state index is 0. The summed E-state index contributed by atoms with van der Waals surface area (Å²) in [5.74, 6) is 9.23. The van der Waals surface area contributed by atoms with Crippen molar-refractivity contribution < 1.29 is 21.8 Å². The van der Waals surface area contributed by atoms with Crippen molar-refractivity contribution in [1.82, 2.24) is 0 Å². The Morgan fingerprint density at radius 1 is 0.840 bits per heavy atom. The predicted octanol–water partition coefficient (Wildman–Crippen LogP) is 5.20. The average Bonchev–Trinajstić information content (AvgIpc) is 3.23. The molecule has 1 atom stereocenters. The molecule has 2 saturated carbocycles. The molecule has 0 aromatic rings. The van der Waals surface area contributed by atoms with E-state index < -0.39 is 0 Å². The standard InChI is InChI=1S/C12H16NO.C10H15.Fe/c1-12(2,3)10-8-14-11(13-10)9-6-4-5-7-9;1-6-7(2)9(4)10(5)8(6)3;/h4-7,10H,8H2,1-3H3;1-5H3;/q;;+2/t10-;;/m1../s1. The van der Waals surface area contributed by atoms with Gasteiger partial charge in [-0.15, -0.1) is 0 Å². The van der Waals surface area contributed by atoms with Gasteiger partial charge >= 0.3 is 17.1 Å². The second-order valence-corrected chi connectivity index (χ2v) is 7.93. The van der Waals surface area contributed by atoms with Gasteiger partial charge in [0.05, 0.1) is 12.0 Å². The zero-order valence-electron chi connectivity index (χ0n) is 16.8. The zero-order valence-corrected chi connectivity index (χ0v) is 17.9. The third-order valence-corrected chi connectivity index (χ3v) is 5.37. The van der Waals surface area contributed by atoms with E-state index in [0.717, 1.165) is 11.8 Å². The summed E-state index contributed by atoms with van der Waals surface area (Å²) in [7, 11) is 0. The Labute approximate surface area is 167 Å². The van der Waals surface area contributed by atoms with Gasteiger partial charge in [0.15, 0.2) is 5.90 Å². The van der Waals surface area contributed by atoms with Crippen molar-refractivity contribution in [2.75, 3.05) is 6.61 Å². The van der Waals surface area contributed by atoms with E-state index >= 15 is 0 Å². The zero-order chi connectivity index (χ0) is 18.1. The minimum absolute atomic E-state index is 0. The van der Waals surface area contributed by atoms with E-state index in [4.69, 9.17) is 4.74 Å². The van der Waals surface area contributed by atoms with Gasteiger partial charge in [-0.1, -0.05) is 55.4 Å². The monoisotopic (exact) mass is 381 g/mol. The first kappa shape index (κ1) is 23.0. The normalized spacial score (nSPS) is 27.7. The van der Waals surface area contributed by atoms with E-state index in [1.54, 1.807) is 0 Å². The van der Waals surface area contributed by atoms with Crippen molar-refractivity contribution in [2.24, 2.45) is 10.4 Å². The van der Waals surface area contributed by atoms with Gasteiger partial charge in [-0.25, -0.2) is 4.99 Å². The maximum absolute atomic E-state index is 5.59. The maximum Gasteiger partial charge on any atom is 2.00 e. The number of nitrogens with zero attached hydrogens (tertiary/aromatic N) is 1. The predicted molar refractivity (Wildman–Crippen MR) is 102 cm³/mol. The van der Waals surface area contributed by atoms with Gasteiger partial charge in [-0.3, -0.25) is 0 Å². The maximum atomic E-state index is 5.59. The summed E-state index contributed by atoms with van der Waals surface area (Å²) in [6.45, 7) is 18.3. The second kappa shape index (κ2) is 9.27. The van der Waals surface area contributed by atoms with Crippen LogP contribution in [0.1, 0.15) is 55.4 Å². The Kier molecular flexibility index (Phi) is 8.54. The van der Waals surface area contributed by atoms with Crippen LogP contribution in [-0.2, 0) is 21.8 Å². The average molecular weight is 381 g/mol. The first-order valence-electron chi connectivity index (χ1n) is 8.75. The topological polar surface area (TPSA) is 21.6 Å². The Hall–Kier alpha value is -0.0105. The molecule has 3 rings (SSSR count). The fourth-order valence-corrected chi connectivity index (χ4v) is 2.90. The van der Waals surface area contributed by atoms with Gasteiger partial charge in [0.1, 0.15) is 6.61 Å². The fraction of sp³-hybridized carbons (Fsp3) is 0.500. The number of rotatable bonds is 1. The number of hydrogen-bond donors (Lipinski definition) is 0. The molecule has 3 heteroatoms. The molecule has 0 N–H and O–H groups in total. The second-order valence-electron chi connectivity index (χ2n) is 7.93. The Bertz CT molecular complexity index is 391. The SMILES string of the molecule is CC(C)(C)[C@H]1COC([C]2[CH][CH][CH][CH]2)=N1.C[C]1[C](C)[C](C)[C](C)[C]1C.[Fe+2]. The molecule has 0 aromatic carbocycles. The molecule has 2 nitrogen and oxygen atoms in total. The Morgan fingerprint density at radius 3 is 1.56 bits per heavy atom. The summed E-state index contributed by atoms with van der Waals surface area (Å²) in [6, 6.07) is 0.285. The smallest absolute Gasteiger partial charge is 0.478 e. The van der Waals surface area contributed by atoms with Crippen molar-refractivity contribution in [3.8, 4) is 0 Å². The third kappa shape index (κ3) is 5.48. The summed E-state index contributed by atoms with van der Waals surface area (Å²) in [5, 5.41) is 0. The van der Waals surface area contributed by atoms with Crippen molar-refractivity contribution in [3.05, 3.63) is 61.2 Å². The molecular formula is C22H31FeNO+2. The van der Waals surface area contributed by atoms with E-state index in [-0.39, 0.29) is 28.5 Å². The first-order chi connectivity index (χ1) is 11.1. The van der Waals surface area contributed by atoms with Crippen LogP contribution in [0.4, 0.5) is 0 Å². The van der Waals surface area contributed by atoms with E-state index in [9.17, 15) is 0 Å². The number of ether oxygens (including phenoxy) is 1. The van der Waals surface area contributed by atoms with Crippen LogP contribution < -0.4 is 0 Å². The largest absolute Gasteiger partial charge is 2.00 e. The van der Waals surface area contributed by atoms with Crippen molar-refractivity contribution in [3.63, 3.8) is 0 Å². The molecule has 0 unspecified atom stereocenters. The fourth-order valence-electron chi connectivity index (χ4n) is 2.90. The van der Waals surface area contributed by atoms with Gasteiger partial charge in [0.2, 0.25) is 0 Å². The summed E-state index contributed by atoms with van der Waals surface area (Å²) in [6.07, 6.45) is 8.07. The number of hydrogen-bond acceptors (Lipinski definition) is 2. The molecule has 0 amide bonds. The number of aliphatic imine (C=N–C) groups is 1. The van der Waals surface area contributed by atoms with Gasteiger partial charge in [-0.2, -0.15) is 0 Å². The van der Waals surface area contributed by atoms with Crippen LogP contribution in [-0.4, -0.2) is 18.5 Å². The van der Waals surface area contributed by atoms with Crippen LogP contribution in [0.3, 0.4) is 0 Å². The van der Waals surface area contributed by atoms with Crippen LogP contribution in [0, 0.1) is 66.6 Å². The molecule has 2 aliphatic carbocycles. The van der Waals surface area contributed by atoms with Crippen LogP contribution in [0.25, 0.3) is 0 Å². The Balaban J connectivity index is 0.000000254. The molecule has 1 aliphatic heterocycles. The summed E-state index contributed by atoms with van der Waals surface area (Å²) in [5.41, 5.74) is 0.189. The summed E-state index contributed by atoms with van der Waals surface area (Å²) < 4.78 is 5.59. The third-order valence-electron chi connectivity index (χ3n) is 5.37. The first-order valence-corrected chi connectivity index (χ1v) is 8.75. The molecule has 2 fully saturated rings. The van der Waals surface area contributed by atoms with Crippen molar-refractivity contribution >= 4 is 5.90 Å². The van der Waals surface area contributed by atoms with Gasteiger partial charge in [0, 0.05) is 0 Å². The molecule has 0 saturated heterocycles. The van der Waals surface area contributed by atoms with E-state index in [1.165, 1.54) is 29.6 Å². The molecule has 1 heterocycles. The quantitative estimate of drug-likeness (QED) is 0.572. The molecule has 136 valence electrons. The molecule has 0 spiro atoms. The van der Waals surface area contributed by atoms with Crippen LogP contribution in [0.15, 0.2) is 4.99 Å². The van der Waals surface area contributed by atoms with Crippen LogP contribution >= 0.6 is 0 Å². The molecular weight excluding hydrogens is 350 g/mol. The van der Waals surface area contributed by atoms with Crippen molar-refractivity contribution in [1.29, 1.82) is 0 Å².